The standard InChI is InChI=1S/C12H19NO3/c1-4-6-7-9-8(3)13-10(11(9)14)12(15)16-5-2/h13-14H,4-7H2,1-3H3. The van der Waals surface area contributed by atoms with Crippen molar-refractivity contribution in [1.29, 1.82) is 0 Å². The van der Waals surface area contributed by atoms with Gasteiger partial charge in [0.15, 0.2) is 11.4 Å². The van der Waals surface area contributed by atoms with Crippen LogP contribution in [-0.4, -0.2) is 22.7 Å². The summed E-state index contributed by atoms with van der Waals surface area (Å²) in [6, 6.07) is 0. The zero-order valence-electron chi connectivity index (χ0n) is 10.1. The van der Waals surface area contributed by atoms with E-state index >= 15 is 0 Å². The molecular weight excluding hydrogens is 206 g/mol. The Morgan fingerprint density at radius 2 is 2.12 bits per heavy atom. The van der Waals surface area contributed by atoms with Gasteiger partial charge in [0, 0.05) is 11.3 Å². The number of aromatic hydroxyl groups is 1. The van der Waals surface area contributed by atoms with Crippen LogP contribution in [-0.2, 0) is 11.2 Å². The number of hydrogen-bond donors (Lipinski definition) is 2. The molecule has 0 saturated carbocycles. The van der Waals surface area contributed by atoms with Crippen LogP contribution in [0.3, 0.4) is 0 Å². The second-order valence-corrected chi connectivity index (χ2v) is 3.78. The third kappa shape index (κ3) is 2.56. The van der Waals surface area contributed by atoms with E-state index < -0.39 is 5.97 Å². The monoisotopic (exact) mass is 225 g/mol. The summed E-state index contributed by atoms with van der Waals surface area (Å²) in [5.74, 6) is -0.449. The minimum atomic E-state index is -0.495. The molecule has 0 bridgehead atoms. The van der Waals surface area contributed by atoms with E-state index in [4.69, 9.17) is 4.74 Å². The van der Waals surface area contributed by atoms with Crippen molar-refractivity contribution in [3.05, 3.63) is 17.0 Å². The first kappa shape index (κ1) is 12.6. The van der Waals surface area contributed by atoms with E-state index in [2.05, 4.69) is 11.9 Å². The van der Waals surface area contributed by atoms with Gasteiger partial charge in [-0.1, -0.05) is 13.3 Å². The van der Waals surface area contributed by atoms with Crippen LogP contribution in [0.4, 0.5) is 0 Å². The van der Waals surface area contributed by atoms with Gasteiger partial charge in [-0.15, -0.1) is 0 Å². The molecule has 0 atom stereocenters. The van der Waals surface area contributed by atoms with Crippen molar-refractivity contribution in [3.63, 3.8) is 0 Å². The highest BCUT2D eigenvalue weighted by Gasteiger charge is 2.20. The molecule has 1 aromatic heterocycles. The predicted molar refractivity (Wildman–Crippen MR) is 61.8 cm³/mol. The molecule has 4 nitrogen and oxygen atoms in total. The van der Waals surface area contributed by atoms with Crippen LogP contribution in [0.2, 0.25) is 0 Å². The van der Waals surface area contributed by atoms with Gasteiger partial charge in [-0.05, 0) is 26.7 Å². The Labute approximate surface area is 95.6 Å². The zero-order chi connectivity index (χ0) is 12.1. The largest absolute Gasteiger partial charge is 0.505 e. The lowest BCUT2D eigenvalue weighted by Crippen LogP contribution is -2.05. The van der Waals surface area contributed by atoms with Crippen LogP contribution >= 0.6 is 0 Å². The van der Waals surface area contributed by atoms with Gasteiger partial charge in [0.2, 0.25) is 0 Å². The summed E-state index contributed by atoms with van der Waals surface area (Å²) in [4.78, 5) is 14.4. The van der Waals surface area contributed by atoms with Gasteiger partial charge in [0.25, 0.3) is 0 Å². The first-order valence-electron chi connectivity index (χ1n) is 5.69. The summed E-state index contributed by atoms with van der Waals surface area (Å²) in [5, 5.41) is 9.90. The van der Waals surface area contributed by atoms with Crippen LogP contribution in [0.1, 0.15) is 48.4 Å². The molecule has 16 heavy (non-hydrogen) atoms. The minimum Gasteiger partial charge on any atom is -0.505 e. The first-order valence-corrected chi connectivity index (χ1v) is 5.69. The maximum absolute atomic E-state index is 11.5. The zero-order valence-corrected chi connectivity index (χ0v) is 10.1. The molecule has 0 saturated heterocycles. The van der Waals surface area contributed by atoms with Gasteiger partial charge in [-0.25, -0.2) is 4.79 Å². The number of aryl methyl sites for hydroxylation is 1. The van der Waals surface area contributed by atoms with Crippen molar-refractivity contribution in [3.8, 4) is 5.75 Å². The number of nitrogens with one attached hydrogen (secondary N) is 1. The number of aromatic amines is 1. The number of esters is 1. The van der Waals surface area contributed by atoms with E-state index in [1.165, 1.54) is 0 Å². The van der Waals surface area contributed by atoms with Crippen LogP contribution in [0.5, 0.6) is 5.75 Å². The molecule has 0 aliphatic heterocycles. The number of unbranched alkanes of at least 4 members (excludes halogenated alkanes) is 1. The molecule has 0 amide bonds. The Hall–Kier alpha value is -1.45. The molecule has 2 N–H and O–H groups in total. The molecule has 1 aromatic rings. The molecule has 0 aliphatic rings. The predicted octanol–water partition coefficient (Wildman–Crippen LogP) is 2.55. The molecule has 0 aromatic carbocycles. The van der Waals surface area contributed by atoms with Crippen molar-refractivity contribution >= 4 is 5.97 Å². The second-order valence-electron chi connectivity index (χ2n) is 3.78. The third-order valence-corrected chi connectivity index (χ3v) is 2.55. The maximum atomic E-state index is 11.5. The quantitative estimate of drug-likeness (QED) is 0.757. The Kier molecular flexibility index (Phi) is 4.40. The van der Waals surface area contributed by atoms with Crippen molar-refractivity contribution in [2.75, 3.05) is 6.61 Å². The fourth-order valence-electron chi connectivity index (χ4n) is 1.66. The smallest absolute Gasteiger partial charge is 0.358 e. The number of H-pyrrole nitrogens is 1. The number of ether oxygens (including phenoxy) is 1. The summed E-state index contributed by atoms with van der Waals surface area (Å²) in [6.07, 6.45) is 2.83. The molecule has 1 heterocycles. The molecule has 90 valence electrons. The lowest BCUT2D eigenvalue weighted by molar-refractivity contribution is 0.0516. The van der Waals surface area contributed by atoms with Crippen LogP contribution in [0, 0.1) is 6.92 Å². The van der Waals surface area contributed by atoms with Crippen molar-refractivity contribution in [2.24, 2.45) is 0 Å². The molecule has 0 fully saturated rings. The van der Waals surface area contributed by atoms with E-state index in [0.717, 1.165) is 30.5 Å². The van der Waals surface area contributed by atoms with Gasteiger partial charge in [-0.2, -0.15) is 0 Å². The fourth-order valence-corrected chi connectivity index (χ4v) is 1.66. The summed E-state index contributed by atoms with van der Waals surface area (Å²) in [6.45, 7) is 5.99. The summed E-state index contributed by atoms with van der Waals surface area (Å²) in [5.41, 5.74) is 1.84. The lowest BCUT2D eigenvalue weighted by Gasteiger charge is -2.01. The van der Waals surface area contributed by atoms with Gasteiger partial charge in [0.05, 0.1) is 6.61 Å². The topological polar surface area (TPSA) is 62.3 Å². The van der Waals surface area contributed by atoms with E-state index in [9.17, 15) is 9.90 Å². The number of rotatable bonds is 5. The van der Waals surface area contributed by atoms with E-state index in [0.29, 0.717) is 6.61 Å². The van der Waals surface area contributed by atoms with Crippen LogP contribution in [0.15, 0.2) is 0 Å². The average molecular weight is 225 g/mol. The Morgan fingerprint density at radius 1 is 1.44 bits per heavy atom. The van der Waals surface area contributed by atoms with Gasteiger partial charge in [-0.3, -0.25) is 0 Å². The average Bonchev–Trinajstić information content (AvgIpc) is 2.53. The summed E-state index contributed by atoms with van der Waals surface area (Å²) in [7, 11) is 0. The van der Waals surface area contributed by atoms with E-state index in [1.807, 2.05) is 6.92 Å². The molecule has 4 heteroatoms. The minimum absolute atomic E-state index is 0.0457. The molecular formula is C12H19NO3. The van der Waals surface area contributed by atoms with Crippen molar-refractivity contribution < 1.29 is 14.6 Å². The van der Waals surface area contributed by atoms with Crippen LogP contribution < -0.4 is 0 Å². The van der Waals surface area contributed by atoms with Gasteiger partial charge >= 0.3 is 5.97 Å². The molecule has 0 unspecified atom stereocenters. The number of hydrogen-bond acceptors (Lipinski definition) is 3. The third-order valence-electron chi connectivity index (χ3n) is 2.55. The van der Waals surface area contributed by atoms with Gasteiger partial charge < -0.3 is 14.8 Å². The number of aromatic nitrogens is 1. The number of carbonyl (C=O) groups is 1. The normalized spacial score (nSPS) is 10.4. The highest BCUT2D eigenvalue weighted by atomic mass is 16.5. The SMILES string of the molecule is CCCCc1c(C)[nH]c(C(=O)OCC)c1O. The van der Waals surface area contributed by atoms with Gasteiger partial charge in [0.1, 0.15) is 0 Å². The summed E-state index contributed by atoms with van der Waals surface area (Å²) >= 11 is 0. The van der Waals surface area contributed by atoms with E-state index in [-0.39, 0.29) is 11.4 Å². The van der Waals surface area contributed by atoms with Crippen LogP contribution in [0.25, 0.3) is 0 Å². The number of carbonyl (C=O) groups excluding carboxylic acids is 1. The Morgan fingerprint density at radius 3 is 2.69 bits per heavy atom. The van der Waals surface area contributed by atoms with Crippen molar-refractivity contribution in [1.82, 2.24) is 4.98 Å². The molecule has 0 aliphatic carbocycles. The fraction of sp³-hybridized carbons (Fsp3) is 0.583. The second kappa shape index (κ2) is 5.58. The first-order chi connectivity index (χ1) is 7.61. The molecule has 0 spiro atoms. The Bertz CT molecular complexity index is 369. The van der Waals surface area contributed by atoms with Crippen molar-refractivity contribution in [2.45, 2.75) is 40.0 Å². The molecule has 1 rings (SSSR count). The maximum Gasteiger partial charge on any atom is 0.358 e. The lowest BCUT2D eigenvalue weighted by atomic mass is 10.1. The van der Waals surface area contributed by atoms with E-state index in [1.54, 1.807) is 6.92 Å². The Balaban J connectivity index is 2.92. The highest BCUT2D eigenvalue weighted by Crippen LogP contribution is 2.27. The highest BCUT2D eigenvalue weighted by molar-refractivity contribution is 5.91. The summed E-state index contributed by atoms with van der Waals surface area (Å²) < 4.78 is 4.85. The molecule has 0 radical (unpaired) electrons.